The Kier molecular flexibility index (Phi) is 3.82. The van der Waals surface area contributed by atoms with Gasteiger partial charge in [0.15, 0.2) is 0 Å². The first kappa shape index (κ1) is 11.9. The normalized spacial score (nSPS) is 30.4. The Morgan fingerprint density at radius 2 is 1.81 bits per heavy atom. The lowest BCUT2D eigenvalue weighted by molar-refractivity contribution is -0.146. The predicted octanol–water partition coefficient (Wildman–Crippen LogP) is 1.02. The van der Waals surface area contributed by atoms with Gasteiger partial charge in [-0.1, -0.05) is 6.42 Å². The van der Waals surface area contributed by atoms with E-state index in [0.717, 1.165) is 51.7 Å². The fourth-order valence-corrected chi connectivity index (χ4v) is 2.98. The van der Waals surface area contributed by atoms with Crippen LogP contribution in [-0.4, -0.2) is 59.6 Å². The first-order valence-corrected chi connectivity index (χ1v) is 6.35. The summed E-state index contributed by atoms with van der Waals surface area (Å²) in [5.41, 5.74) is 0. The number of likely N-dealkylation sites (tertiary alicyclic amines) is 2. The van der Waals surface area contributed by atoms with E-state index < -0.39 is 5.97 Å². The van der Waals surface area contributed by atoms with Crippen molar-refractivity contribution in [3.8, 4) is 0 Å². The van der Waals surface area contributed by atoms with Crippen molar-refractivity contribution >= 4 is 5.97 Å². The van der Waals surface area contributed by atoms with E-state index in [0.29, 0.717) is 6.04 Å². The molecule has 2 aliphatic rings. The number of piperidine rings is 2. The molecule has 0 aromatic rings. The predicted molar refractivity (Wildman–Crippen MR) is 62.5 cm³/mol. The first-order chi connectivity index (χ1) is 7.68. The van der Waals surface area contributed by atoms with E-state index in [1.807, 2.05) is 0 Å². The molecule has 4 nitrogen and oxygen atoms in total. The van der Waals surface area contributed by atoms with Crippen molar-refractivity contribution in [1.29, 1.82) is 0 Å². The van der Waals surface area contributed by atoms with Crippen LogP contribution in [0.4, 0.5) is 0 Å². The number of hydrogen-bond acceptors (Lipinski definition) is 3. The zero-order chi connectivity index (χ0) is 11.5. The van der Waals surface area contributed by atoms with Gasteiger partial charge >= 0.3 is 5.97 Å². The molecule has 1 atom stereocenters. The Morgan fingerprint density at radius 1 is 1.12 bits per heavy atom. The van der Waals surface area contributed by atoms with Gasteiger partial charge in [0.05, 0.1) is 0 Å². The van der Waals surface area contributed by atoms with Gasteiger partial charge in [-0.3, -0.25) is 9.69 Å². The van der Waals surface area contributed by atoms with Gasteiger partial charge in [-0.15, -0.1) is 0 Å². The summed E-state index contributed by atoms with van der Waals surface area (Å²) in [6.45, 7) is 3.19. The summed E-state index contributed by atoms with van der Waals surface area (Å²) < 4.78 is 0. The molecule has 0 amide bonds. The number of carboxylic acids is 1. The summed E-state index contributed by atoms with van der Waals surface area (Å²) >= 11 is 0. The maximum absolute atomic E-state index is 11.2. The van der Waals surface area contributed by atoms with Gasteiger partial charge in [0.25, 0.3) is 0 Å². The number of carbonyl (C=O) groups is 1. The zero-order valence-electron chi connectivity index (χ0n) is 10.1. The zero-order valence-corrected chi connectivity index (χ0v) is 10.1. The summed E-state index contributed by atoms with van der Waals surface area (Å²) in [5.74, 6) is -0.626. The van der Waals surface area contributed by atoms with Gasteiger partial charge in [-0.2, -0.15) is 0 Å². The van der Waals surface area contributed by atoms with E-state index in [-0.39, 0.29) is 6.04 Å². The Balaban J connectivity index is 1.97. The van der Waals surface area contributed by atoms with Gasteiger partial charge in [-0.25, -0.2) is 0 Å². The van der Waals surface area contributed by atoms with Gasteiger partial charge in [0, 0.05) is 6.04 Å². The van der Waals surface area contributed by atoms with Crippen LogP contribution in [0.1, 0.15) is 32.1 Å². The molecule has 0 saturated carbocycles. The monoisotopic (exact) mass is 226 g/mol. The minimum absolute atomic E-state index is 0.220. The molecule has 2 rings (SSSR count). The quantitative estimate of drug-likeness (QED) is 0.763. The molecule has 0 bridgehead atoms. The smallest absolute Gasteiger partial charge is 0.320 e. The van der Waals surface area contributed by atoms with Crippen molar-refractivity contribution in [2.75, 3.05) is 26.7 Å². The molecule has 0 aromatic heterocycles. The van der Waals surface area contributed by atoms with Gasteiger partial charge < -0.3 is 10.0 Å². The third-order valence-electron chi connectivity index (χ3n) is 3.99. The summed E-state index contributed by atoms with van der Waals surface area (Å²) in [6, 6.07) is 0.278. The molecular weight excluding hydrogens is 204 g/mol. The molecule has 0 aromatic carbocycles. The largest absolute Gasteiger partial charge is 0.480 e. The number of rotatable bonds is 2. The lowest BCUT2D eigenvalue weighted by Gasteiger charge is -2.42. The van der Waals surface area contributed by atoms with E-state index in [4.69, 9.17) is 0 Å². The Bertz CT molecular complexity index is 249. The van der Waals surface area contributed by atoms with Crippen molar-refractivity contribution in [2.45, 2.75) is 44.2 Å². The van der Waals surface area contributed by atoms with Crippen LogP contribution in [0.5, 0.6) is 0 Å². The number of aliphatic carboxylic acids is 1. The summed E-state index contributed by atoms with van der Waals surface area (Å²) in [4.78, 5) is 15.8. The van der Waals surface area contributed by atoms with E-state index in [2.05, 4.69) is 16.8 Å². The molecule has 2 aliphatic heterocycles. The molecule has 2 fully saturated rings. The van der Waals surface area contributed by atoms with Crippen molar-refractivity contribution < 1.29 is 9.90 Å². The highest BCUT2D eigenvalue weighted by molar-refractivity contribution is 5.73. The molecule has 92 valence electrons. The van der Waals surface area contributed by atoms with Crippen LogP contribution in [-0.2, 0) is 4.79 Å². The molecule has 4 heteroatoms. The van der Waals surface area contributed by atoms with Crippen LogP contribution in [0, 0.1) is 0 Å². The van der Waals surface area contributed by atoms with Crippen LogP contribution in [0.2, 0.25) is 0 Å². The molecule has 16 heavy (non-hydrogen) atoms. The third-order valence-corrected chi connectivity index (χ3v) is 3.99. The standard InChI is InChI=1S/C12H22N2O2/c1-13-8-5-10(6-9-13)14-7-3-2-4-11(14)12(15)16/h10-11H,2-9H2,1H3,(H,15,16)/t11-/m1/s1. The van der Waals surface area contributed by atoms with Crippen LogP contribution in [0.25, 0.3) is 0 Å². The topological polar surface area (TPSA) is 43.8 Å². The van der Waals surface area contributed by atoms with E-state index >= 15 is 0 Å². The molecule has 0 radical (unpaired) electrons. The minimum atomic E-state index is -0.626. The summed E-state index contributed by atoms with van der Waals surface area (Å²) in [5, 5.41) is 9.24. The molecular formula is C12H22N2O2. The molecule has 2 heterocycles. The molecule has 1 N–H and O–H groups in total. The lowest BCUT2D eigenvalue weighted by Crippen LogP contribution is -2.53. The van der Waals surface area contributed by atoms with E-state index in [1.165, 1.54) is 0 Å². The highest BCUT2D eigenvalue weighted by atomic mass is 16.4. The second kappa shape index (κ2) is 5.15. The SMILES string of the molecule is CN1CCC(N2CCCC[C@@H]2C(=O)O)CC1. The fraction of sp³-hybridized carbons (Fsp3) is 0.917. The second-order valence-corrected chi connectivity index (χ2v) is 5.12. The molecule has 0 unspecified atom stereocenters. The van der Waals surface area contributed by atoms with Gasteiger partial charge in [-0.05, 0) is 52.4 Å². The summed E-state index contributed by atoms with van der Waals surface area (Å²) in [7, 11) is 2.14. The highest BCUT2D eigenvalue weighted by Gasteiger charge is 2.34. The number of carboxylic acid groups (broad SMARTS) is 1. The Hall–Kier alpha value is -0.610. The van der Waals surface area contributed by atoms with E-state index in [1.54, 1.807) is 0 Å². The Morgan fingerprint density at radius 3 is 2.44 bits per heavy atom. The maximum Gasteiger partial charge on any atom is 0.320 e. The maximum atomic E-state index is 11.2. The van der Waals surface area contributed by atoms with Crippen molar-refractivity contribution in [1.82, 2.24) is 9.80 Å². The molecule has 0 spiro atoms. The van der Waals surface area contributed by atoms with Crippen LogP contribution in [0.3, 0.4) is 0 Å². The second-order valence-electron chi connectivity index (χ2n) is 5.12. The Labute approximate surface area is 97.2 Å². The van der Waals surface area contributed by atoms with Crippen LogP contribution in [0.15, 0.2) is 0 Å². The lowest BCUT2D eigenvalue weighted by atomic mass is 9.95. The first-order valence-electron chi connectivity index (χ1n) is 6.35. The average Bonchev–Trinajstić information content (AvgIpc) is 2.30. The molecule has 2 saturated heterocycles. The molecule has 0 aliphatic carbocycles. The minimum Gasteiger partial charge on any atom is -0.480 e. The fourth-order valence-electron chi connectivity index (χ4n) is 2.98. The third kappa shape index (κ3) is 2.55. The van der Waals surface area contributed by atoms with Crippen LogP contribution >= 0.6 is 0 Å². The van der Waals surface area contributed by atoms with Crippen molar-refractivity contribution in [2.24, 2.45) is 0 Å². The van der Waals surface area contributed by atoms with E-state index in [9.17, 15) is 9.90 Å². The highest BCUT2D eigenvalue weighted by Crippen LogP contribution is 2.25. The number of nitrogens with zero attached hydrogens (tertiary/aromatic N) is 2. The van der Waals surface area contributed by atoms with Crippen LogP contribution < -0.4 is 0 Å². The van der Waals surface area contributed by atoms with Gasteiger partial charge in [0.2, 0.25) is 0 Å². The summed E-state index contributed by atoms with van der Waals surface area (Å²) in [6.07, 6.45) is 5.32. The number of hydrogen-bond donors (Lipinski definition) is 1. The van der Waals surface area contributed by atoms with Gasteiger partial charge in [0.1, 0.15) is 6.04 Å². The van der Waals surface area contributed by atoms with Crippen molar-refractivity contribution in [3.05, 3.63) is 0 Å². The average molecular weight is 226 g/mol. The van der Waals surface area contributed by atoms with Crippen molar-refractivity contribution in [3.63, 3.8) is 0 Å².